The van der Waals surface area contributed by atoms with E-state index in [1.165, 1.54) is 27.0 Å². The Hall–Kier alpha value is -1.62. The second kappa shape index (κ2) is 6.27. The summed E-state index contributed by atoms with van der Waals surface area (Å²) in [5.41, 5.74) is 3.19. The molecule has 0 saturated carbocycles. The molecule has 0 amide bonds. The molecule has 1 aliphatic heterocycles. The molecule has 3 heterocycles. The monoisotopic (exact) mass is 354 g/mol. The van der Waals surface area contributed by atoms with E-state index in [4.69, 9.17) is 0 Å². The number of nitrogens with zero attached hydrogens (tertiary/aromatic N) is 1. The predicted octanol–water partition coefficient (Wildman–Crippen LogP) is 4.73. The number of thiophene rings is 1. The van der Waals surface area contributed by atoms with E-state index in [1.807, 2.05) is 0 Å². The fourth-order valence-electron chi connectivity index (χ4n) is 4.48. The number of hydrogen-bond donors (Lipinski definition) is 2. The third kappa shape index (κ3) is 2.55. The van der Waals surface area contributed by atoms with Crippen molar-refractivity contribution in [2.24, 2.45) is 0 Å². The molecule has 4 rings (SSSR count). The van der Waals surface area contributed by atoms with Crippen molar-refractivity contribution in [3.63, 3.8) is 0 Å². The number of likely N-dealkylation sites (N-methyl/N-ethyl adjacent to an activating group) is 1. The van der Waals surface area contributed by atoms with Crippen LogP contribution in [0.2, 0.25) is 0 Å². The predicted molar refractivity (Wildman–Crippen MR) is 105 cm³/mol. The molecule has 132 valence electrons. The van der Waals surface area contributed by atoms with Crippen LogP contribution in [0.4, 0.5) is 0 Å². The topological polar surface area (TPSA) is 39.3 Å². The molecule has 4 heteroatoms. The number of hydrogen-bond acceptors (Lipinski definition) is 3. The molecule has 1 aliphatic rings. The standard InChI is InChI=1S/C21H26N2OS/c1-4-21(24,5-2)18-13-15-14-9-6-7-10-16(14)22-19(15)20(23(18)3)17-11-8-12-25-17/h6-12,18,20,22,24H,4-5,13H2,1-3H3/t18-,20+/m0/s1. The molecule has 2 atom stereocenters. The molecule has 1 aromatic carbocycles. The molecule has 0 aliphatic carbocycles. The van der Waals surface area contributed by atoms with E-state index in [-0.39, 0.29) is 12.1 Å². The number of aliphatic hydroxyl groups is 1. The Morgan fingerprint density at radius 1 is 1.20 bits per heavy atom. The van der Waals surface area contributed by atoms with Crippen molar-refractivity contribution < 1.29 is 5.11 Å². The number of fused-ring (bicyclic) bond motifs is 3. The van der Waals surface area contributed by atoms with Gasteiger partial charge in [0.15, 0.2) is 0 Å². The minimum atomic E-state index is -0.666. The lowest BCUT2D eigenvalue weighted by atomic mass is 9.79. The molecular formula is C21H26N2OS. The quantitative estimate of drug-likeness (QED) is 0.711. The van der Waals surface area contributed by atoms with E-state index < -0.39 is 5.60 Å². The highest BCUT2D eigenvalue weighted by molar-refractivity contribution is 7.10. The van der Waals surface area contributed by atoms with Crippen LogP contribution in [0.25, 0.3) is 10.9 Å². The summed E-state index contributed by atoms with van der Waals surface area (Å²) in [4.78, 5) is 7.39. The molecule has 0 fully saturated rings. The summed E-state index contributed by atoms with van der Waals surface area (Å²) in [5.74, 6) is 0. The number of nitrogens with one attached hydrogen (secondary N) is 1. The normalized spacial score (nSPS) is 21.6. The Bertz CT molecular complexity index is 863. The zero-order valence-electron chi connectivity index (χ0n) is 15.1. The van der Waals surface area contributed by atoms with Crippen molar-refractivity contribution in [2.75, 3.05) is 7.05 Å². The SMILES string of the molecule is CCC(O)(CC)[C@@H]1Cc2c([nH]c3ccccc23)[C@@H](c2cccs2)N1C. The maximum atomic E-state index is 11.3. The largest absolute Gasteiger partial charge is 0.388 e. The molecule has 0 bridgehead atoms. The number of benzene rings is 1. The van der Waals surface area contributed by atoms with Crippen LogP contribution in [0.5, 0.6) is 0 Å². The first-order valence-corrected chi connectivity index (χ1v) is 10.0. The summed E-state index contributed by atoms with van der Waals surface area (Å²) in [6.07, 6.45) is 2.43. The Kier molecular flexibility index (Phi) is 4.22. The zero-order valence-corrected chi connectivity index (χ0v) is 15.9. The van der Waals surface area contributed by atoms with Gasteiger partial charge in [0.05, 0.1) is 11.6 Å². The smallest absolute Gasteiger partial charge is 0.0851 e. The van der Waals surface area contributed by atoms with Gasteiger partial charge in [0, 0.05) is 27.5 Å². The number of rotatable bonds is 4. The average molecular weight is 355 g/mol. The zero-order chi connectivity index (χ0) is 17.6. The number of H-pyrrole nitrogens is 1. The minimum absolute atomic E-state index is 0.112. The fraction of sp³-hybridized carbons (Fsp3) is 0.429. The van der Waals surface area contributed by atoms with Crippen LogP contribution >= 0.6 is 11.3 Å². The Labute approximate surface area is 153 Å². The van der Waals surface area contributed by atoms with Gasteiger partial charge in [-0.05, 0) is 49.4 Å². The van der Waals surface area contributed by atoms with E-state index in [0.29, 0.717) is 0 Å². The van der Waals surface area contributed by atoms with Crippen molar-refractivity contribution in [3.05, 3.63) is 57.9 Å². The number of aromatic nitrogens is 1. The average Bonchev–Trinajstić information content (AvgIpc) is 3.28. The van der Waals surface area contributed by atoms with Crippen molar-refractivity contribution in [1.29, 1.82) is 0 Å². The molecule has 2 aromatic heterocycles. The fourth-order valence-corrected chi connectivity index (χ4v) is 5.36. The Balaban J connectivity index is 1.92. The lowest BCUT2D eigenvalue weighted by molar-refractivity contribution is -0.0587. The van der Waals surface area contributed by atoms with Crippen LogP contribution in [-0.4, -0.2) is 33.7 Å². The maximum Gasteiger partial charge on any atom is 0.0851 e. The lowest BCUT2D eigenvalue weighted by Gasteiger charge is -2.47. The van der Waals surface area contributed by atoms with Crippen LogP contribution < -0.4 is 0 Å². The van der Waals surface area contributed by atoms with Gasteiger partial charge in [0.25, 0.3) is 0 Å². The van der Waals surface area contributed by atoms with Gasteiger partial charge >= 0.3 is 0 Å². The Morgan fingerprint density at radius 3 is 2.64 bits per heavy atom. The third-order valence-electron chi connectivity index (χ3n) is 6.07. The summed E-state index contributed by atoms with van der Waals surface area (Å²) in [6.45, 7) is 4.20. The van der Waals surface area contributed by atoms with Gasteiger partial charge in [-0.2, -0.15) is 0 Å². The van der Waals surface area contributed by atoms with Crippen molar-refractivity contribution in [3.8, 4) is 0 Å². The summed E-state index contributed by atoms with van der Waals surface area (Å²) in [7, 11) is 2.17. The van der Waals surface area contributed by atoms with Crippen molar-refractivity contribution in [1.82, 2.24) is 9.88 Å². The van der Waals surface area contributed by atoms with E-state index in [2.05, 4.69) is 72.6 Å². The van der Waals surface area contributed by atoms with Gasteiger partial charge in [0.2, 0.25) is 0 Å². The molecule has 0 spiro atoms. The summed E-state index contributed by atoms with van der Waals surface area (Å²) in [5, 5.41) is 14.8. The lowest BCUT2D eigenvalue weighted by Crippen LogP contribution is -2.55. The van der Waals surface area contributed by atoms with E-state index in [9.17, 15) is 5.11 Å². The molecule has 0 radical (unpaired) electrons. The van der Waals surface area contributed by atoms with E-state index >= 15 is 0 Å². The molecule has 2 N–H and O–H groups in total. The molecule has 0 unspecified atom stereocenters. The summed E-state index contributed by atoms with van der Waals surface area (Å²) >= 11 is 1.79. The first-order valence-electron chi connectivity index (χ1n) is 9.16. The number of para-hydroxylation sites is 1. The van der Waals surface area contributed by atoms with Gasteiger partial charge < -0.3 is 10.1 Å². The first-order chi connectivity index (χ1) is 12.1. The highest BCUT2D eigenvalue weighted by atomic mass is 32.1. The van der Waals surface area contributed by atoms with Crippen LogP contribution in [0.15, 0.2) is 41.8 Å². The van der Waals surface area contributed by atoms with Crippen molar-refractivity contribution >= 4 is 22.2 Å². The van der Waals surface area contributed by atoms with Crippen LogP contribution in [0.3, 0.4) is 0 Å². The molecule has 3 nitrogen and oxygen atoms in total. The summed E-state index contributed by atoms with van der Waals surface area (Å²) < 4.78 is 0. The van der Waals surface area contributed by atoms with Gasteiger partial charge in [-0.15, -0.1) is 11.3 Å². The molecule has 0 saturated heterocycles. The van der Waals surface area contributed by atoms with Gasteiger partial charge in [-0.1, -0.05) is 38.1 Å². The van der Waals surface area contributed by atoms with Crippen molar-refractivity contribution in [2.45, 2.75) is 50.8 Å². The third-order valence-corrected chi connectivity index (χ3v) is 7.00. The van der Waals surface area contributed by atoms with E-state index in [0.717, 1.165) is 19.3 Å². The highest BCUT2D eigenvalue weighted by Gasteiger charge is 2.44. The molecule has 3 aromatic rings. The maximum absolute atomic E-state index is 11.3. The van der Waals surface area contributed by atoms with Gasteiger partial charge in [-0.25, -0.2) is 0 Å². The minimum Gasteiger partial charge on any atom is -0.388 e. The van der Waals surface area contributed by atoms with Gasteiger partial charge in [0.1, 0.15) is 0 Å². The first kappa shape index (κ1) is 16.8. The summed E-state index contributed by atoms with van der Waals surface area (Å²) in [6, 6.07) is 13.2. The van der Waals surface area contributed by atoms with Gasteiger partial charge in [-0.3, -0.25) is 4.90 Å². The molecular weight excluding hydrogens is 328 g/mol. The van der Waals surface area contributed by atoms with Crippen LogP contribution in [0.1, 0.15) is 48.9 Å². The molecule has 25 heavy (non-hydrogen) atoms. The van der Waals surface area contributed by atoms with Crippen LogP contribution in [-0.2, 0) is 6.42 Å². The second-order valence-electron chi connectivity index (χ2n) is 7.18. The van der Waals surface area contributed by atoms with E-state index in [1.54, 1.807) is 11.3 Å². The van der Waals surface area contributed by atoms with Crippen LogP contribution in [0, 0.1) is 0 Å². The highest BCUT2D eigenvalue weighted by Crippen LogP contribution is 2.44. The Morgan fingerprint density at radius 2 is 1.96 bits per heavy atom. The second-order valence-corrected chi connectivity index (χ2v) is 8.16. The number of aromatic amines is 1.